The molecule has 4 aromatic rings. The van der Waals surface area contributed by atoms with E-state index in [0.717, 1.165) is 52.8 Å². The number of carbonyl (C=O) groups is 1. The fourth-order valence-corrected chi connectivity index (χ4v) is 6.00. The molecule has 2 fully saturated rings. The standard InChI is InChI=1S/C29H25ClN6O/c1-3-26(37)36-17-29(18-36)11-13-35(16-29)28-22(15-31)27(20-6-4-5-7-23(20)30)21-9-8-19(14-24(21)33-28)25-10-12-32-34(25)2/h3-10,12,14H,1,11,13,16-18H2,2H3. The molecule has 1 amide bonds. The minimum absolute atomic E-state index is 0.0170. The van der Waals surface area contributed by atoms with E-state index in [0.29, 0.717) is 29.5 Å². The molecule has 4 heterocycles. The molecule has 184 valence electrons. The number of nitriles is 1. The number of aromatic nitrogens is 3. The maximum Gasteiger partial charge on any atom is 0.245 e. The van der Waals surface area contributed by atoms with Crippen molar-refractivity contribution in [3.05, 3.63) is 78.0 Å². The number of nitrogens with zero attached hydrogens (tertiary/aromatic N) is 6. The number of carbonyl (C=O) groups excluding carboxylic acids is 1. The molecule has 0 saturated carbocycles. The number of fused-ring (bicyclic) bond motifs is 1. The number of halogens is 1. The van der Waals surface area contributed by atoms with Gasteiger partial charge in [-0.2, -0.15) is 10.4 Å². The van der Waals surface area contributed by atoms with Gasteiger partial charge in [-0.05, 0) is 30.7 Å². The van der Waals surface area contributed by atoms with Crippen molar-refractivity contribution in [2.45, 2.75) is 6.42 Å². The molecule has 2 aromatic heterocycles. The van der Waals surface area contributed by atoms with Gasteiger partial charge in [-0.1, -0.05) is 48.5 Å². The first-order chi connectivity index (χ1) is 17.9. The lowest BCUT2D eigenvalue weighted by Crippen LogP contribution is -2.59. The van der Waals surface area contributed by atoms with E-state index >= 15 is 0 Å². The second-order valence-electron chi connectivity index (χ2n) is 9.92. The lowest BCUT2D eigenvalue weighted by Gasteiger charge is -2.47. The van der Waals surface area contributed by atoms with Gasteiger partial charge in [-0.25, -0.2) is 4.98 Å². The van der Waals surface area contributed by atoms with Crippen molar-refractivity contribution >= 4 is 34.2 Å². The second kappa shape index (κ2) is 8.75. The van der Waals surface area contributed by atoms with Gasteiger partial charge in [0.15, 0.2) is 0 Å². The quantitative estimate of drug-likeness (QED) is 0.360. The molecule has 37 heavy (non-hydrogen) atoms. The number of hydrogen-bond acceptors (Lipinski definition) is 5. The van der Waals surface area contributed by atoms with Crippen LogP contribution in [0.1, 0.15) is 12.0 Å². The molecular formula is C29H25ClN6O. The zero-order valence-electron chi connectivity index (χ0n) is 20.5. The zero-order chi connectivity index (χ0) is 25.7. The molecule has 2 aromatic carbocycles. The van der Waals surface area contributed by atoms with Crippen LogP contribution in [0.15, 0.2) is 67.4 Å². The number of aryl methyl sites for hydroxylation is 1. The predicted octanol–water partition coefficient (Wildman–Crippen LogP) is 5.05. The number of hydrogen-bond donors (Lipinski definition) is 0. The topological polar surface area (TPSA) is 78.1 Å². The lowest BCUT2D eigenvalue weighted by atomic mass is 9.79. The summed E-state index contributed by atoms with van der Waals surface area (Å²) >= 11 is 6.67. The fourth-order valence-electron chi connectivity index (χ4n) is 5.77. The van der Waals surface area contributed by atoms with E-state index in [-0.39, 0.29) is 11.3 Å². The van der Waals surface area contributed by atoms with Crippen molar-refractivity contribution in [1.82, 2.24) is 19.7 Å². The summed E-state index contributed by atoms with van der Waals surface area (Å²) in [4.78, 5) is 21.1. The summed E-state index contributed by atoms with van der Waals surface area (Å²) in [7, 11) is 1.91. The van der Waals surface area contributed by atoms with Gasteiger partial charge in [0.25, 0.3) is 0 Å². The summed E-state index contributed by atoms with van der Waals surface area (Å²) < 4.78 is 1.83. The van der Waals surface area contributed by atoms with E-state index < -0.39 is 0 Å². The molecule has 2 saturated heterocycles. The molecule has 0 aliphatic carbocycles. The first-order valence-electron chi connectivity index (χ1n) is 12.2. The van der Waals surface area contributed by atoms with E-state index in [1.54, 1.807) is 6.20 Å². The van der Waals surface area contributed by atoms with Crippen LogP contribution in [0, 0.1) is 16.7 Å². The summed E-state index contributed by atoms with van der Waals surface area (Å²) in [6.07, 6.45) is 4.08. The van der Waals surface area contributed by atoms with Gasteiger partial charge >= 0.3 is 0 Å². The van der Waals surface area contributed by atoms with Gasteiger partial charge < -0.3 is 9.80 Å². The number of likely N-dealkylation sites (tertiary alicyclic amines) is 1. The van der Waals surface area contributed by atoms with E-state index in [2.05, 4.69) is 28.7 Å². The number of pyridine rings is 1. The number of benzene rings is 2. The van der Waals surface area contributed by atoms with Crippen LogP contribution in [0.3, 0.4) is 0 Å². The van der Waals surface area contributed by atoms with Crippen molar-refractivity contribution in [2.24, 2.45) is 12.5 Å². The fraction of sp³-hybridized carbons (Fsp3) is 0.241. The average molecular weight is 509 g/mol. The largest absolute Gasteiger partial charge is 0.355 e. The van der Waals surface area contributed by atoms with E-state index in [1.165, 1.54) is 6.08 Å². The Balaban J connectivity index is 1.50. The van der Waals surface area contributed by atoms with Gasteiger partial charge in [0.1, 0.15) is 17.5 Å². The third-order valence-corrected chi connectivity index (χ3v) is 7.94. The van der Waals surface area contributed by atoms with Crippen molar-refractivity contribution in [3.63, 3.8) is 0 Å². The number of anilines is 1. The molecular weight excluding hydrogens is 484 g/mol. The van der Waals surface area contributed by atoms with Crippen molar-refractivity contribution in [3.8, 4) is 28.5 Å². The first-order valence-corrected chi connectivity index (χ1v) is 12.6. The highest BCUT2D eigenvalue weighted by Crippen LogP contribution is 2.45. The van der Waals surface area contributed by atoms with Crippen molar-refractivity contribution in [2.75, 3.05) is 31.1 Å². The van der Waals surface area contributed by atoms with Crippen molar-refractivity contribution < 1.29 is 4.79 Å². The molecule has 2 aliphatic heterocycles. The molecule has 6 rings (SSSR count). The van der Waals surface area contributed by atoms with Gasteiger partial charge in [0.2, 0.25) is 5.91 Å². The highest BCUT2D eigenvalue weighted by Gasteiger charge is 2.49. The van der Waals surface area contributed by atoms with Crippen molar-refractivity contribution in [1.29, 1.82) is 5.26 Å². The Morgan fingerprint density at radius 1 is 1.19 bits per heavy atom. The summed E-state index contributed by atoms with van der Waals surface area (Å²) in [5.74, 6) is 0.631. The summed E-state index contributed by atoms with van der Waals surface area (Å²) in [5.41, 5.74) is 4.91. The van der Waals surface area contributed by atoms with E-state index in [4.69, 9.17) is 16.6 Å². The SMILES string of the molecule is C=CC(=O)N1CC2(CCN(c3nc4cc(-c5ccnn5C)ccc4c(-c4ccccc4Cl)c3C#N)C2)C1. The molecule has 0 N–H and O–H groups in total. The highest BCUT2D eigenvalue weighted by atomic mass is 35.5. The predicted molar refractivity (Wildman–Crippen MR) is 145 cm³/mol. The molecule has 0 unspecified atom stereocenters. The smallest absolute Gasteiger partial charge is 0.245 e. The zero-order valence-corrected chi connectivity index (χ0v) is 21.2. The maximum atomic E-state index is 12.0. The Hall–Kier alpha value is -4.15. The molecule has 8 heteroatoms. The van der Waals surface area contributed by atoms with Gasteiger partial charge in [0.05, 0.1) is 11.2 Å². The molecule has 0 atom stereocenters. The lowest BCUT2D eigenvalue weighted by molar-refractivity contribution is -0.136. The Labute approximate surface area is 220 Å². The Morgan fingerprint density at radius 2 is 2.00 bits per heavy atom. The van der Waals surface area contributed by atoms with Crippen LogP contribution in [-0.2, 0) is 11.8 Å². The van der Waals surface area contributed by atoms with E-state index in [9.17, 15) is 10.1 Å². The number of rotatable bonds is 4. The van der Waals surface area contributed by atoms with Gasteiger partial charge in [-0.3, -0.25) is 9.48 Å². The molecule has 2 aliphatic rings. The normalized spacial score (nSPS) is 16.1. The average Bonchev–Trinajstić information content (AvgIpc) is 3.53. The minimum atomic E-state index is -0.0330. The summed E-state index contributed by atoms with van der Waals surface area (Å²) in [6, 6.07) is 18.1. The third kappa shape index (κ3) is 3.76. The Bertz CT molecular complexity index is 1610. The molecule has 7 nitrogen and oxygen atoms in total. The molecule has 0 radical (unpaired) electrons. The van der Waals surface area contributed by atoms with E-state index in [1.807, 2.05) is 59.1 Å². The van der Waals surface area contributed by atoms with Crippen LogP contribution in [0.5, 0.6) is 0 Å². The van der Waals surface area contributed by atoms with Crippen LogP contribution in [0.4, 0.5) is 5.82 Å². The minimum Gasteiger partial charge on any atom is -0.355 e. The molecule has 0 bridgehead atoms. The molecule has 1 spiro atoms. The van der Waals surface area contributed by atoms with Crippen LogP contribution < -0.4 is 4.90 Å². The van der Waals surface area contributed by atoms with Crippen LogP contribution in [-0.4, -0.2) is 51.8 Å². The summed E-state index contributed by atoms with van der Waals surface area (Å²) in [5, 5.41) is 16.2. The van der Waals surface area contributed by atoms with Gasteiger partial charge in [0, 0.05) is 71.9 Å². The Morgan fingerprint density at radius 3 is 2.70 bits per heavy atom. The highest BCUT2D eigenvalue weighted by molar-refractivity contribution is 6.34. The summed E-state index contributed by atoms with van der Waals surface area (Å²) in [6.45, 7) is 6.52. The van der Waals surface area contributed by atoms with Gasteiger partial charge in [-0.15, -0.1) is 0 Å². The second-order valence-corrected chi connectivity index (χ2v) is 10.3. The maximum absolute atomic E-state index is 12.0. The van der Waals surface area contributed by atoms with Crippen LogP contribution in [0.25, 0.3) is 33.3 Å². The first kappa shape index (κ1) is 23.3. The number of amides is 1. The van der Waals surface area contributed by atoms with Crippen LogP contribution in [0.2, 0.25) is 5.02 Å². The third-order valence-electron chi connectivity index (χ3n) is 7.62. The monoisotopic (exact) mass is 508 g/mol. The van der Waals surface area contributed by atoms with Crippen LogP contribution >= 0.6 is 11.6 Å². The Kier molecular flexibility index (Phi) is 5.50.